The fourth-order valence-electron chi connectivity index (χ4n) is 0.878. The summed E-state index contributed by atoms with van der Waals surface area (Å²) in [5, 5.41) is 3.20. The predicted octanol–water partition coefficient (Wildman–Crippen LogP) is 3.49. The molecule has 0 spiro atoms. The first-order valence-electron chi connectivity index (χ1n) is 3.81. The highest BCUT2D eigenvalue weighted by molar-refractivity contribution is 14.1. The summed E-state index contributed by atoms with van der Waals surface area (Å²) in [5.74, 6) is 2.62. The van der Waals surface area contributed by atoms with Gasteiger partial charge in [0.1, 0.15) is 0 Å². The number of hydrogen-bond acceptors (Lipinski definition) is 1. The van der Waals surface area contributed by atoms with E-state index in [4.69, 9.17) is 6.42 Å². The molecule has 1 nitrogen and oxygen atoms in total. The Morgan fingerprint density at radius 3 is 2.85 bits per heavy atom. The Kier molecular flexibility index (Phi) is 4.07. The van der Waals surface area contributed by atoms with Crippen molar-refractivity contribution in [2.75, 3.05) is 5.32 Å². The van der Waals surface area contributed by atoms with Crippen LogP contribution in [0.2, 0.25) is 0 Å². The van der Waals surface area contributed by atoms with Crippen molar-refractivity contribution in [3.8, 4) is 12.3 Å². The highest BCUT2D eigenvalue weighted by Gasteiger charge is 2.00. The molecule has 1 aromatic carbocycles. The molecule has 0 saturated heterocycles. The van der Waals surface area contributed by atoms with Gasteiger partial charge in [-0.15, -0.1) is 6.42 Å². The van der Waals surface area contributed by atoms with Crippen molar-refractivity contribution in [3.63, 3.8) is 0 Å². The van der Waals surface area contributed by atoms with Gasteiger partial charge in [-0.2, -0.15) is 0 Å². The van der Waals surface area contributed by atoms with Gasteiger partial charge in [-0.3, -0.25) is 0 Å². The second-order valence-corrected chi connectivity index (χ2v) is 4.68. The second-order valence-electron chi connectivity index (χ2n) is 2.66. The average Bonchev–Trinajstić information content (AvgIpc) is 2.11. The van der Waals surface area contributed by atoms with Crippen LogP contribution >= 0.6 is 38.5 Å². The Morgan fingerprint density at radius 2 is 2.31 bits per heavy atom. The Bertz CT molecular complexity index is 343. The predicted molar refractivity (Wildman–Crippen MR) is 68.8 cm³/mol. The minimum absolute atomic E-state index is 0.0666. The molecule has 0 fully saturated rings. The normalized spacial score (nSPS) is 11.8. The number of anilines is 1. The number of rotatable bonds is 2. The van der Waals surface area contributed by atoms with Crippen molar-refractivity contribution >= 4 is 44.2 Å². The third-order valence-electron chi connectivity index (χ3n) is 1.55. The maximum absolute atomic E-state index is 5.26. The third-order valence-corrected chi connectivity index (χ3v) is 3.88. The maximum Gasteiger partial charge on any atom is 0.0845 e. The molecule has 0 aromatic heterocycles. The number of terminal acetylenes is 1. The van der Waals surface area contributed by atoms with Gasteiger partial charge >= 0.3 is 0 Å². The van der Waals surface area contributed by atoms with E-state index in [9.17, 15) is 0 Å². The molecular weight excluding hydrogens is 341 g/mol. The first-order valence-corrected chi connectivity index (χ1v) is 5.68. The van der Waals surface area contributed by atoms with Crippen LogP contribution in [-0.4, -0.2) is 6.04 Å². The van der Waals surface area contributed by atoms with Gasteiger partial charge in [-0.25, -0.2) is 0 Å². The average molecular weight is 350 g/mol. The lowest BCUT2D eigenvalue weighted by atomic mass is 10.3. The Labute approximate surface area is 101 Å². The Hall–Kier alpha value is -0.210. The number of nitrogens with one attached hydrogen (secondary N) is 1. The molecule has 0 bridgehead atoms. The van der Waals surface area contributed by atoms with Crippen molar-refractivity contribution in [1.29, 1.82) is 0 Å². The number of halogens is 2. The largest absolute Gasteiger partial charge is 0.372 e. The van der Waals surface area contributed by atoms with Gasteiger partial charge in [0.25, 0.3) is 0 Å². The lowest BCUT2D eigenvalue weighted by Gasteiger charge is -2.09. The summed E-state index contributed by atoms with van der Waals surface area (Å²) in [6, 6.07) is 6.13. The van der Waals surface area contributed by atoms with Crippen molar-refractivity contribution in [1.82, 2.24) is 0 Å². The summed E-state index contributed by atoms with van der Waals surface area (Å²) in [6.45, 7) is 1.95. The molecule has 0 aliphatic heterocycles. The summed E-state index contributed by atoms with van der Waals surface area (Å²) in [6.07, 6.45) is 5.26. The van der Waals surface area contributed by atoms with E-state index in [-0.39, 0.29) is 6.04 Å². The zero-order valence-electron chi connectivity index (χ0n) is 7.14. The zero-order valence-corrected chi connectivity index (χ0v) is 10.9. The lowest BCUT2D eigenvalue weighted by Crippen LogP contribution is -2.11. The van der Waals surface area contributed by atoms with Gasteiger partial charge in [0, 0.05) is 13.7 Å². The van der Waals surface area contributed by atoms with Crippen LogP contribution in [0, 0.1) is 15.9 Å². The van der Waals surface area contributed by atoms with E-state index in [0.29, 0.717) is 0 Å². The SMILES string of the molecule is C#CC(C)Nc1ccc(Br)c(I)c1. The van der Waals surface area contributed by atoms with Crippen LogP contribution in [0.15, 0.2) is 22.7 Å². The smallest absolute Gasteiger partial charge is 0.0845 e. The molecule has 0 saturated carbocycles. The van der Waals surface area contributed by atoms with E-state index in [1.54, 1.807) is 0 Å². The van der Waals surface area contributed by atoms with Crippen LogP contribution < -0.4 is 5.32 Å². The Morgan fingerprint density at radius 1 is 1.62 bits per heavy atom. The Balaban J connectivity index is 2.81. The van der Waals surface area contributed by atoms with Crippen LogP contribution in [0.4, 0.5) is 5.69 Å². The van der Waals surface area contributed by atoms with Crippen molar-refractivity contribution in [2.45, 2.75) is 13.0 Å². The molecule has 1 N–H and O–H groups in total. The quantitative estimate of drug-likeness (QED) is 0.636. The van der Waals surface area contributed by atoms with Gasteiger partial charge in [0.2, 0.25) is 0 Å². The standard InChI is InChI=1S/C10H9BrIN/c1-3-7(2)13-8-4-5-9(11)10(12)6-8/h1,4-7,13H,2H3. The molecule has 1 unspecified atom stereocenters. The van der Waals surface area contributed by atoms with Crippen LogP contribution in [0.1, 0.15) is 6.92 Å². The molecule has 0 aliphatic rings. The molecule has 13 heavy (non-hydrogen) atoms. The maximum atomic E-state index is 5.26. The van der Waals surface area contributed by atoms with Crippen molar-refractivity contribution in [2.24, 2.45) is 0 Å². The first-order chi connectivity index (χ1) is 6.13. The van der Waals surface area contributed by atoms with Gasteiger partial charge in [-0.1, -0.05) is 5.92 Å². The first kappa shape index (κ1) is 10.9. The molecule has 68 valence electrons. The third kappa shape index (κ3) is 3.20. The van der Waals surface area contributed by atoms with Crippen LogP contribution in [0.3, 0.4) is 0 Å². The van der Waals surface area contributed by atoms with Gasteiger partial charge < -0.3 is 5.32 Å². The van der Waals surface area contributed by atoms with E-state index in [1.165, 1.54) is 3.57 Å². The summed E-state index contributed by atoms with van der Waals surface area (Å²) in [4.78, 5) is 0. The van der Waals surface area contributed by atoms with E-state index in [2.05, 4.69) is 55.8 Å². The summed E-state index contributed by atoms with van der Waals surface area (Å²) in [7, 11) is 0. The topological polar surface area (TPSA) is 12.0 Å². The monoisotopic (exact) mass is 349 g/mol. The summed E-state index contributed by atoms with van der Waals surface area (Å²) < 4.78 is 2.28. The van der Waals surface area contributed by atoms with Crippen molar-refractivity contribution < 1.29 is 0 Å². The van der Waals surface area contributed by atoms with E-state index in [1.807, 2.05) is 19.1 Å². The highest BCUT2D eigenvalue weighted by Crippen LogP contribution is 2.22. The minimum Gasteiger partial charge on any atom is -0.372 e. The van der Waals surface area contributed by atoms with E-state index < -0.39 is 0 Å². The zero-order chi connectivity index (χ0) is 9.84. The van der Waals surface area contributed by atoms with Gasteiger partial charge in [-0.05, 0) is 63.6 Å². The molecule has 0 heterocycles. The lowest BCUT2D eigenvalue weighted by molar-refractivity contribution is 1.03. The molecule has 3 heteroatoms. The summed E-state index contributed by atoms with van der Waals surface area (Å²) >= 11 is 5.71. The van der Waals surface area contributed by atoms with Crippen molar-refractivity contribution in [3.05, 3.63) is 26.2 Å². The number of benzene rings is 1. The van der Waals surface area contributed by atoms with Gasteiger partial charge in [0.05, 0.1) is 6.04 Å². The van der Waals surface area contributed by atoms with E-state index in [0.717, 1.165) is 10.2 Å². The molecule has 0 aliphatic carbocycles. The number of hydrogen-bond donors (Lipinski definition) is 1. The molecule has 1 atom stereocenters. The second kappa shape index (κ2) is 4.87. The molecular formula is C10H9BrIN. The molecule has 1 aromatic rings. The minimum atomic E-state index is 0.0666. The molecule has 0 amide bonds. The molecule has 1 rings (SSSR count). The fourth-order valence-corrected chi connectivity index (χ4v) is 1.64. The molecule has 0 radical (unpaired) electrons. The van der Waals surface area contributed by atoms with Crippen LogP contribution in [0.5, 0.6) is 0 Å². The summed E-state index contributed by atoms with van der Waals surface area (Å²) in [5.41, 5.74) is 1.05. The fraction of sp³-hybridized carbons (Fsp3) is 0.200. The van der Waals surface area contributed by atoms with Crippen LogP contribution in [-0.2, 0) is 0 Å². The van der Waals surface area contributed by atoms with Crippen LogP contribution in [0.25, 0.3) is 0 Å². The van der Waals surface area contributed by atoms with Gasteiger partial charge in [0.15, 0.2) is 0 Å². The van der Waals surface area contributed by atoms with E-state index >= 15 is 0 Å². The highest BCUT2D eigenvalue weighted by atomic mass is 127.